The molecule has 12 N–H and O–H groups in total. The molecule has 7 atom stereocenters. The van der Waals surface area contributed by atoms with Gasteiger partial charge in [0, 0.05) is 25.4 Å². The van der Waals surface area contributed by atoms with E-state index in [1.807, 2.05) is 20.8 Å². The molecule has 0 saturated carbocycles. The summed E-state index contributed by atoms with van der Waals surface area (Å²) in [7, 11) is 0. The molecule has 0 unspecified atom stereocenters. The van der Waals surface area contributed by atoms with Crippen molar-refractivity contribution >= 4 is 54.0 Å². The molecular formula is C32H62N10O7S. The zero-order valence-corrected chi connectivity index (χ0v) is 31.4. The Hall–Kier alpha value is -3.64. The minimum absolute atomic E-state index is 0.0801. The molecule has 6 amide bonds. The molecule has 17 nitrogen and oxygen atoms in total. The third-order valence-corrected chi connectivity index (χ3v) is 8.52. The summed E-state index contributed by atoms with van der Waals surface area (Å²) in [5, 5.41) is 22.5. The van der Waals surface area contributed by atoms with Crippen LogP contribution in [0.5, 0.6) is 0 Å². The van der Waals surface area contributed by atoms with Gasteiger partial charge in [-0.05, 0) is 38.0 Å². The molecule has 50 heavy (non-hydrogen) atoms. The van der Waals surface area contributed by atoms with Gasteiger partial charge in [0.25, 0.3) is 0 Å². The Morgan fingerprint density at radius 1 is 0.780 bits per heavy atom. The summed E-state index contributed by atoms with van der Waals surface area (Å²) in [4.78, 5) is 83.4. The summed E-state index contributed by atoms with van der Waals surface area (Å²) in [6, 6.07) is -4.16. The van der Waals surface area contributed by atoms with Crippen molar-refractivity contribution in [3.8, 4) is 0 Å². The average Bonchev–Trinajstić information content (AvgIpc) is 3.08. The van der Waals surface area contributed by atoms with E-state index in [9.17, 15) is 33.9 Å². The number of thiol groups is 1. The standard InChI is InChI=1S/C32H62N10O7S/c1-7-10-14-42(15-16-50)31(49)22(12-11-13-36-32(34)35)39-30(48)27(20(5)9-3)40-24(45)18-37-23(44)17-38-29(47)26(19(4)8-2)41-28(46)25(33)21(6)43/h19-22,25-27,43,50H,7-18,33H2,1-6H3,(H,37,44)(H,38,47)(H,39,48)(H,40,45)(H,41,46)(H4,34,35,36)/t19-,20-,21+,22-,25-,26-,27-/m0/s1. The number of guanidine groups is 1. The number of carbonyl (C=O) groups is 6. The zero-order chi connectivity index (χ0) is 38.4. The molecule has 0 aromatic rings. The largest absolute Gasteiger partial charge is 0.391 e. The van der Waals surface area contributed by atoms with Gasteiger partial charge in [0.05, 0.1) is 19.2 Å². The van der Waals surface area contributed by atoms with Crippen molar-refractivity contribution in [2.75, 3.05) is 38.5 Å². The fraction of sp³-hybridized carbons (Fsp3) is 0.781. The molecule has 0 spiro atoms. The lowest BCUT2D eigenvalue weighted by atomic mass is 9.97. The number of aliphatic imine (C=N–C) groups is 1. The van der Waals surface area contributed by atoms with Gasteiger partial charge in [-0.3, -0.25) is 33.8 Å². The van der Waals surface area contributed by atoms with E-state index in [4.69, 9.17) is 17.2 Å². The first-order chi connectivity index (χ1) is 23.5. The number of rotatable bonds is 25. The second-order valence-corrected chi connectivity index (χ2v) is 12.9. The van der Waals surface area contributed by atoms with E-state index in [-0.39, 0.29) is 36.7 Å². The van der Waals surface area contributed by atoms with Gasteiger partial charge in [-0.2, -0.15) is 12.6 Å². The highest BCUT2D eigenvalue weighted by Gasteiger charge is 2.32. The Morgan fingerprint density at radius 2 is 1.36 bits per heavy atom. The second kappa shape index (κ2) is 25.3. The summed E-state index contributed by atoms with van der Waals surface area (Å²) in [5.74, 6) is -3.78. The molecule has 0 aliphatic carbocycles. The Kier molecular flexibility index (Phi) is 23.5. The molecule has 0 fully saturated rings. The Morgan fingerprint density at radius 3 is 1.88 bits per heavy atom. The predicted octanol–water partition coefficient (Wildman–Crippen LogP) is -1.91. The lowest BCUT2D eigenvalue weighted by molar-refractivity contribution is -0.138. The second-order valence-electron chi connectivity index (χ2n) is 12.5. The highest BCUT2D eigenvalue weighted by atomic mass is 32.1. The van der Waals surface area contributed by atoms with Crippen molar-refractivity contribution in [2.45, 2.75) is 110 Å². The molecular weight excluding hydrogens is 668 g/mol. The van der Waals surface area contributed by atoms with Crippen LogP contribution in [0, 0.1) is 11.8 Å². The van der Waals surface area contributed by atoms with Crippen molar-refractivity contribution in [3.05, 3.63) is 0 Å². The van der Waals surface area contributed by atoms with E-state index in [1.165, 1.54) is 6.92 Å². The van der Waals surface area contributed by atoms with Gasteiger partial charge in [-0.25, -0.2) is 0 Å². The number of nitrogens with zero attached hydrogens (tertiary/aromatic N) is 2. The number of carbonyl (C=O) groups excluding carboxylic acids is 6. The van der Waals surface area contributed by atoms with E-state index in [2.05, 4.69) is 44.2 Å². The Labute approximate surface area is 301 Å². The normalized spacial score (nSPS) is 15.1. The predicted molar refractivity (Wildman–Crippen MR) is 196 cm³/mol. The van der Waals surface area contributed by atoms with Crippen molar-refractivity contribution in [2.24, 2.45) is 34.0 Å². The van der Waals surface area contributed by atoms with E-state index in [0.29, 0.717) is 38.1 Å². The number of nitrogens with two attached hydrogens (primary N) is 3. The highest BCUT2D eigenvalue weighted by Crippen LogP contribution is 2.12. The topological polar surface area (TPSA) is 276 Å². The summed E-state index contributed by atoms with van der Waals surface area (Å²) in [6.07, 6.45) is 2.25. The molecule has 0 radical (unpaired) electrons. The fourth-order valence-corrected chi connectivity index (χ4v) is 4.90. The van der Waals surface area contributed by atoms with E-state index >= 15 is 0 Å². The molecule has 0 rings (SSSR count). The summed E-state index contributed by atoms with van der Waals surface area (Å²) in [6.45, 7) is 10.8. The molecule has 0 heterocycles. The molecule has 288 valence electrons. The van der Waals surface area contributed by atoms with Crippen LogP contribution in [0.25, 0.3) is 0 Å². The monoisotopic (exact) mass is 730 g/mol. The van der Waals surface area contributed by atoms with Gasteiger partial charge in [0.1, 0.15) is 24.2 Å². The van der Waals surface area contributed by atoms with E-state index in [0.717, 1.165) is 12.8 Å². The minimum Gasteiger partial charge on any atom is -0.391 e. The number of aliphatic hydroxyl groups is 1. The van der Waals surface area contributed by atoms with Crippen LogP contribution >= 0.6 is 12.6 Å². The molecule has 18 heteroatoms. The van der Waals surface area contributed by atoms with Crippen LogP contribution < -0.4 is 43.8 Å². The van der Waals surface area contributed by atoms with Crippen molar-refractivity contribution in [3.63, 3.8) is 0 Å². The maximum Gasteiger partial charge on any atom is 0.245 e. The molecule has 0 aromatic carbocycles. The minimum atomic E-state index is -1.24. The number of aliphatic hydroxyl groups excluding tert-OH is 1. The Bertz CT molecular complexity index is 1120. The maximum atomic E-state index is 13.6. The van der Waals surface area contributed by atoms with Crippen molar-refractivity contribution < 1.29 is 33.9 Å². The summed E-state index contributed by atoms with van der Waals surface area (Å²) in [5.41, 5.74) is 16.5. The fourth-order valence-electron chi connectivity index (χ4n) is 4.66. The number of hydrogen-bond acceptors (Lipinski definition) is 10. The highest BCUT2D eigenvalue weighted by molar-refractivity contribution is 7.80. The van der Waals surface area contributed by atoms with Gasteiger partial charge >= 0.3 is 0 Å². The third kappa shape index (κ3) is 17.8. The van der Waals surface area contributed by atoms with Gasteiger partial charge in [-0.15, -0.1) is 0 Å². The lowest BCUT2D eigenvalue weighted by Crippen LogP contribution is -2.58. The van der Waals surface area contributed by atoms with Crippen LogP contribution in [0.3, 0.4) is 0 Å². The number of amides is 6. The van der Waals surface area contributed by atoms with Crippen LogP contribution in [-0.2, 0) is 28.8 Å². The quantitative estimate of drug-likeness (QED) is 0.0215. The van der Waals surface area contributed by atoms with Crippen LogP contribution in [0.1, 0.15) is 80.1 Å². The van der Waals surface area contributed by atoms with Crippen LogP contribution in [0.15, 0.2) is 4.99 Å². The zero-order valence-electron chi connectivity index (χ0n) is 30.5. The smallest absolute Gasteiger partial charge is 0.245 e. The van der Waals surface area contributed by atoms with E-state index < -0.39 is 72.9 Å². The van der Waals surface area contributed by atoms with Crippen molar-refractivity contribution in [1.82, 2.24) is 31.5 Å². The van der Waals surface area contributed by atoms with Crippen LogP contribution in [-0.4, -0.2) is 120 Å². The molecule has 0 saturated heterocycles. The average molecular weight is 731 g/mol. The van der Waals surface area contributed by atoms with Crippen LogP contribution in [0.4, 0.5) is 0 Å². The Balaban J connectivity index is 5.52. The molecule has 0 aliphatic rings. The first-order valence-electron chi connectivity index (χ1n) is 17.4. The van der Waals surface area contributed by atoms with Gasteiger partial charge in [0.15, 0.2) is 5.96 Å². The van der Waals surface area contributed by atoms with E-state index in [1.54, 1.807) is 18.7 Å². The first-order valence-corrected chi connectivity index (χ1v) is 18.0. The van der Waals surface area contributed by atoms with Gasteiger partial charge in [0.2, 0.25) is 35.4 Å². The summed E-state index contributed by atoms with van der Waals surface area (Å²) >= 11 is 4.28. The number of nitrogens with one attached hydrogen (secondary N) is 5. The number of unbranched alkanes of at least 4 members (excludes halogenated alkanes) is 1. The number of hydrogen-bond donors (Lipinski definition) is 10. The third-order valence-electron chi connectivity index (χ3n) is 8.32. The molecule has 0 bridgehead atoms. The molecule has 0 aromatic heterocycles. The van der Waals surface area contributed by atoms with Gasteiger partial charge < -0.3 is 53.8 Å². The van der Waals surface area contributed by atoms with Crippen molar-refractivity contribution in [1.29, 1.82) is 0 Å². The molecule has 0 aliphatic heterocycles. The maximum absolute atomic E-state index is 13.6. The summed E-state index contributed by atoms with van der Waals surface area (Å²) < 4.78 is 0. The first kappa shape index (κ1) is 46.4. The van der Waals surface area contributed by atoms with Gasteiger partial charge in [-0.1, -0.05) is 53.9 Å². The van der Waals surface area contributed by atoms with Crippen LogP contribution in [0.2, 0.25) is 0 Å². The lowest BCUT2D eigenvalue weighted by Gasteiger charge is -2.30. The SMILES string of the molecule is CCCCN(CCS)C(=O)[C@H](CCCN=C(N)N)NC(=O)[C@@H](NC(=O)CNC(=O)CNC(=O)[C@@H](NC(=O)[C@@H](N)[C@@H](C)O)[C@@H](C)CC)[C@@H](C)CC.